The summed E-state index contributed by atoms with van der Waals surface area (Å²) in [5.74, 6) is 0.461. The zero-order valence-corrected chi connectivity index (χ0v) is 23.4. The highest BCUT2D eigenvalue weighted by Gasteiger charge is 2.37. The molecular weight excluding hydrogens is 484 g/mol. The maximum atomic E-state index is 2.58. The monoisotopic (exact) mass is 518 g/mol. The van der Waals surface area contributed by atoms with Crippen molar-refractivity contribution in [1.29, 1.82) is 0 Å². The Kier molecular flexibility index (Phi) is 6.04. The number of fused-ring (bicyclic) bond motifs is 2. The van der Waals surface area contributed by atoms with E-state index >= 15 is 0 Å². The van der Waals surface area contributed by atoms with E-state index in [2.05, 4.69) is 158 Å². The van der Waals surface area contributed by atoms with Crippen molar-refractivity contribution in [2.45, 2.75) is 33.2 Å². The van der Waals surface area contributed by atoms with E-state index < -0.39 is 0 Å². The van der Waals surface area contributed by atoms with Crippen LogP contribution in [-0.4, -0.2) is 10.6 Å². The van der Waals surface area contributed by atoms with Crippen LogP contribution in [0.2, 0.25) is 0 Å². The third kappa shape index (κ3) is 3.86. The molecule has 2 aliphatic rings. The first-order valence-corrected chi connectivity index (χ1v) is 14.3. The average molecular weight is 519 g/mol. The third-order valence-electron chi connectivity index (χ3n) is 8.65. The summed E-state index contributed by atoms with van der Waals surface area (Å²) in [6, 6.07) is 35.7. The summed E-state index contributed by atoms with van der Waals surface area (Å²) in [4.78, 5) is 2.58. The quantitative estimate of drug-likeness (QED) is 0.236. The minimum Gasteiger partial charge on any atom is -0.337 e. The number of aromatic nitrogens is 1. The molecule has 1 fully saturated rings. The first-order chi connectivity index (χ1) is 19.7. The molecule has 1 aliphatic heterocycles. The second-order valence-electron chi connectivity index (χ2n) is 11.0. The van der Waals surface area contributed by atoms with Crippen LogP contribution in [0, 0.1) is 19.8 Å². The molecule has 2 atom stereocenters. The molecule has 0 amide bonds. The second-order valence-corrected chi connectivity index (χ2v) is 11.0. The highest BCUT2D eigenvalue weighted by atomic mass is 15.2. The zero-order chi connectivity index (χ0) is 27.2. The Bertz CT molecular complexity index is 1920. The summed E-state index contributed by atoms with van der Waals surface area (Å²) in [5, 5.41) is 3.91. The predicted octanol–water partition coefficient (Wildman–Crippen LogP) is 7.84. The van der Waals surface area contributed by atoms with Crippen LogP contribution in [0.4, 0.5) is 5.69 Å². The second kappa shape index (κ2) is 9.88. The van der Waals surface area contributed by atoms with Crippen LogP contribution in [0.15, 0.2) is 121 Å². The van der Waals surface area contributed by atoms with Gasteiger partial charge in [0.2, 0.25) is 0 Å². The van der Waals surface area contributed by atoms with E-state index in [0.717, 1.165) is 6.42 Å². The van der Waals surface area contributed by atoms with Gasteiger partial charge in [-0.3, -0.25) is 0 Å². The summed E-state index contributed by atoms with van der Waals surface area (Å²) in [6.45, 7) is 6.61. The van der Waals surface area contributed by atoms with Crippen LogP contribution < -0.4 is 15.5 Å². The number of aryl methyl sites for hydroxylation is 2. The normalized spacial score (nSPS) is 20.0. The van der Waals surface area contributed by atoms with Crippen molar-refractivity contribution in [3.63, 3.8) is 0 Å². The SMILES string of the molecule is C/C=c1\c(=C2/CC3C=CC=CC3N2c2ccccc2)c2ccccc2n1-c1ccc(-c2ccccc2C)c(C)c1. The van der Waals surface area contributed by atoms with Crippen LogP contribution >= 0.6 is 0 Å². The van der Waals surface area contributed by atoms with E-state index in [9.17, 15) is 0 Å². The van der Waals surface area contributed by atoms with E-state index in [1.165, 1.54) is 60.8 Å². The Morgan fingerprint density at radius 3 is 2.23 bits per heavy atom. The van der Waals surface area contributed by atoms with Crippen molar-refractivity contribution >= 4 is 28.4 Å². The van der Waals surface area contributed by atoms with E-state index in [1.54, 1.807) is 0 Å². The van der Waals surface area contributed by atoms with Gasteiger partial charge in [0.25, 0.3) is 0 Å². The number of anilines is 1. The molecule has 196 valence electrons. The van der Waals surface area contributed by atoms with Crippen LogP contribution in [0.1, 0.15) is 24.5 Å². The Balaban J connectivity index is 1.51. The summed E-state index contributed by atoms with van der Waals surface area (Å²) in [5.41, 5.74) is 10.3. The van der Waals surface area contributed by atoms with Gasteiger partial charge in [-0.15, -0.1) is 0 Å². The lowest BCUT2D eigenvalue weighted by atomic mass is 9.95. The molecule has 40 heavy (non-hydrogen) atoms. The summed E-state index contributed by atoms with van der Waals surface area (Å²) >= 11 is 0. The lowest BCUT2D eigenvalue weighted by molar-refractivity contribution is 0.645. The fourth-order valence-electron chi connectivity index (χ4n) is 6.83. The first-order valence-electron chi connectivity index (χ1n) is 14.3. The maximum Gasteiger partial charge on any atom is 0.0588 e. The van der Waals surface area contributed by atoms with Gasteiger partial charge in [0.1, 0.15) is 0 Å². The molecule has 0 saturated carbocycles. The number of para-hydroxylation sites is 2. The number of nitrogens with zero attached hydrogens (tertiary/aromatic N) is 2. The molecule has 1 aliphatic carbocycles. The Morgan fingerprint density at radius 2 is 1.43 bits per heavy atom. The van der Waals surface area contributed by atoms with E-state index in [1.807, 2.05) is 0 Å². The van der Waals surface area contributed by atoms with Gasteiger partial charge >= 0.3 is 0 Å². The summed E-state index contributed by atoms with van der Waals surface area (Å²) < 4.78 is 2.46. The number of benzene rings is 4. The van der Waals surface area contributed by atoms with Crippen LogP contribution in [0.3, 0.4) is 0 Å². The molecule has 2 heteroatoms. The van der Waals surface area contributed by atoms with Crippen LogP contribution in [0.5, 0.6) is 0 Å². The number of hydrogen-bond acceptors (Lipinski definition) is 1. The Morgan fingerprint density at radius 1 is 0.700 bits per heavy atom. The van der Waals surface area contributed by atoms with Crippen molar-refractivity contribution in [3.8, 4) is 16.8 Å². The van der Waals surface area contributed by atoms with Gasteiger partial charge in [0, 0.05) is 33.6 Å². The van der Waals surface area contributed by atoms with Gasteiger partial charge in [-0.05, 0) is 79.8 Å². The van der Waals surface area contributed by atoms with Gasteiger partial charge in [-0.2, -0.15) is 0 Å². The fourth-order valence-corrected chi connectivity index (χ4v) is 6.83. The van der Waals surface area contributed by atoms with Crippen molar-refractivity contribution in [2.24, 2.45) is 5.92 Å². The van der Waals surface area contributed by atoms with Crippen molar-refractivity contribution in [1.82, 2.24) is 4.57 Å². The molecule has 0 N–H and O–H groups in total. The Hall–Kier alpha value is -4.56. The molecule has 1 aromatic heterocycles. The van der Waals surface area contributed by atoms with Gasteiger partial charge in [-0.25, -0.2) is 0 Å². The van der Waals surface area contributed by atoms with Crippen LogP contribution in [0.25, 0.3) is 39.5 Å². The minimum atomic E-state index is 0.324. The van der Waals surface area contributed by atoms with E-state index in [4.69, 9.17) is 0 Å². The zero-order valence-electron chi connectivity index (χ0n) is 23.4. The molecule has 7 rings (SSSR count). The molecule has 5 aromatic rings. The molecule has 1 saturated heterocycles. The van der Waals surface area contributed by atoms with E-state index in [-0.39, 0.29) is 0 Å². The molecule has 2 unspecified atom stereocenters. The largest absolute Gasteiger partial charge is 0.337 e. The van der Waals surface area contributed by atoms with Gasteiger partial charge < -0.3 is 9.47 Å². The van der Waals surface area contributed by atoms with Crippen molar-refractivity contribution in [3.05, 3.63) is 143 Å². The smallest absolute Gasteiger partial charge is 0.0588 e. The first kappa shape index (κ1) is 24.5. The van der Waals surface area contributed by atoms with Gasteiger partial charge in [0.05, 0.1) is 16.9 Å². The van der Waals surface area contributed by atoms with Gasteiger partial charge in [-0.1, -0.05) is 97.1 Å². The number of rotatable bonds is 3. The molecular formula is C38H34N2. The number of hydrogen-bond donors (Lipinski definition) is 0. The van der Waals surface area contributed by atoms with Crippen LogP contribution in [-0.2, 0) is 0 Å². The predicted molar refractivity (Wildman–Crippen MR) is 170 cm³/mol. The lowest BCUT2D eigenvalue weighted by Crippen LogP contribution is -2.37. The minimum absolute atomic E-state index is 0.324. The summed E-state index contributed by atoms with van der Waals surface area (Å²) in [6.07, 6.45) is 12.5. The Labute approximate surface area is 236 Å². The fraction of sp³-hybridized carbons (Fsp3) is 0.158. The van der Waals surface area contributed by atoms with Crippen molar-refractivity contribution in [2.75, 3.05) is 4.90 Å². The average Bonchev–Trinajstić information content (AvgIpc) is 3.53. The molecule has 2 heterocycles. The summed E-state index contributed by atoms with van der Waals surface area (Å²) in [7, 11) is 0. The molecule has 0 bridgehead atoms. The highest BCUT2D eigenvalue weighted by molar-refractivity contribution is 5.88. The van der Waals surface area contributed by atoms with E-state index in [0.29, 0.717) is 12.0 Å². The lowest BCUT2D eigenvalue weighted by Gasteiger charge is -2.28. The number of allylic oxidation sites excluding steroid dienone is 2. The third-order valence-corrected chi connectivity index (χ3v) is 8.65. The van der Waals surface area contributed by atoms with Gasteiger partial charge in [0.15, 0.2) is 0 Å². The highest BCUT2D eigenvalue weighted by Crippen LogP contribution is 2.40. The molecule has 0 radical (unpaired) electrons. The topological polar surface area (TPSA) is 8.17 Å². The standard InChI is InChI=1S/C38H34N2/c1-4-34-38(37-25-28-15-9-12-20-35(28)39(37)29-16-6-5-7-17-29)33-19-11-13-21-36(33)40(34)30-22-23-32(27(3)24-30)31-18-10-8-14-26(31)2/h4-24,28,35H,25H2,1-3H3/b34-4+,38-37+. The molecule has 2 nitrogen and oxygen atoms in total. The molecule has 0 spiro atoms. The maximum absolute atomic E-state index is 2.58. The van der Waals surface area contributed by atoms with Crippen molar-refractivity contribution < 1.29 is 0 Å². The molecule has 4 aromatic carbocycles.